The second-order valence-corrected chi connectivity index (χ2v) is 5.94. The van der Waals surface area contributed by atoms with Crippen LogP contribution in [0.25, 0.3) is 0 Å². The van der Waals surface area contributed by atoms with Crippen LogP contribution in [0, 0.1) is 0 Å². The van der Waals surface area contributed by atoms with Gasteiger partial charge in [-0.15, -0.1) is 0 Å². The number of carbonyl (C=O) groups is 2. The first-order chi connectivity index (χ1) is 9.77. The fourth-order valence-corrected chi connectivity index (χ4v) is 2.66. The molecule has 1 heterocycles. The summed E-state index contributed by atoms with van der Waals surface area (Å²) < 4.78 is 5.80. The third kappa shape index (κ3) is 3.95. The third-order valence-corrected chi connectivity index (χ3v) is 3.23. The van der Waals surface area contributed by atoms with E-state index in [-0.39, 0.29) is 17.6 Å². The summed E-state index contributed by atoms with van der Waals surface area (Å²) in [5.41, 5.74) is 5.75. The Morgan fingerprint density at radius 3 is 2.76 bits per heavy atom. The van der Waals surface area contributed by atoms with Crippen molar-refractivity contribution in [2.24, 2.45) is 5.73 Å². The molecule has 6 nitrogen and oxygen atoms in total. The third-order valence-electron chi connectivity index (χ3n) is 3.23. The number of nitrogens with two attached hydrogens (primary N) is 1. The molecule has 0 aliphatic carbocycles. The van der Waals surface area contributed by atoms with Crippen LogP contribution in [0.3, 0.4) is 0 Å². The van der Waals surface area contributed by atoms with Gasteiger partial charge in [-0.05, 0) is 39.0 Å². The van der Waals surface area contributed by atoms with Gasteiger partial charge in [0, 0.05) is 24.3 Å². The number of urea groups is 1. The van der Waals surface area contributed by atoms with Gasteiger partial charge in [0.15, 0.2) is 0 Å². The van der Waals surface area contributed by atoms with E-state index in [9.17, 15) is 9.59 Å². The summed E-state index contributed by atoms with van der Waals surface area (Å²) in [7, 11) is 0. The summed E-state index contributed by atoms with van der Waals surface area (Å²) >= 11 is 0. The molecule has 3 amide bonds. The van der Waals surface area contributed by atoms with Crippen LogP contribution >= 0.6 is 0 Å². The molecule has 1 saturated heterocycles. The van der Waals surface area contributed by atoms with Crippen LogP contribution in [0.5, 0.6) is 0 Å². The Bertz CT molecular complexity index is 557. The van der Waals surface area contributed by atoms with Gasteiger partial charge < -0.3 is 20.7 Å². The lowest BCUT2D eigenvalue weighted by atomic mass is 10.0. The smallest absolute Gasteiger partial charge is 0.316 e. The predicted molar refractivity (Wildman–Crippen MR) is 80.2 cm³/mol. The molecular formula is C15H21N3O3. The Labute approximate surface area is 124 Å². The molecule has 6 heteroatoms. The summed E-state index contributed by atoms with van der Waals surface area (Å²) in [5, 5.41) is 2.47. The molecule has 2 rings (SSSR count). The average Bonchev–Trinajstić information content (AvgIpc) is 2.35. The topological polar surface area (TPSA) is 84.7 Å². The Morgan fingerprint density at radius 1 is 1.43 bits per heavy atom. The van der Waals surface area contributed by atoms with Crippen molar-refractivity contribution in [3.05, 3.63) is 29.8 Å². The zero-order valence-corrected chi connectivity index (χ0v) is 12.6. The van der Waals surface area contributed by atoms with E-state index in [0.29, 0.717) is 24.3 Å². The maximum Gasteiger partial charge on any atom is 0.316 e. The standard InChI is InChI=1S/C15H21N3O3/c1-10-8-18(9-15(2,3)21-10)13(19)11-5-4-6-12(7-11)17-14(16)20/h4-7,10H,8-9H2,1-3H3,(H3,16,17,20). The number of hydrogen-bond donors (Lipinski definition) is 2. The highest BCUT2D eigenvalue weighted by molar-refractivity contribution is 5.96. The lowest BCUT2D eigenvalue weighted by molar-refractivity contribution is -0.118. The first-order valence-corrected chi connectivity index (χ1v) is 6.90. The fourth-order valence-electron chi connectivity index (χ4n) is 2.66. The van der Waals surface area contributed by atoms with Gasteiger partial charge in [-0.25, -0.2) is 4.79 Å². The Morgan fingerprint density at radius 2 is 2.14 bits per heavy atom. The van der Waals surface area contributed by atoms with E-state index in [0.717, 1.165) is 0 Å². The molecule has 1 aliphatic rings. The van der Waals surface area contributed by atoms with Crippen LogP contribution in [0.2, 0.25) is 0 Å². The molecule has 0 radical (unpaired) electrons. The van der Waals surface area contributed by atoms with E-state index < -0.39 is 6.03 Å². The van der Waals surface area contributed by atoms with Crippen molar-refractivity contribution in [2.75, 3.05) is 18.4 Å². The molecule has 1 unspecified atom stereocenters. The molecule has 1 atom stereocenters. The van der Waals surface area contributed by atoms with Crippen LogP contribution in [0.4, 0.5) is 10.5 Å². The Hall–Kier alpha value is -2.08. The van der Waals surface area contributed by atoms with Crippen molar-refractivity contribution in [3.8, 4) is 0 Å². The molecule has 0 bridgehead atoms. The number of ether oxygens (including phenoxy) is 1. The zero-order valence-electron chi connectivity index (χ0n) is 12.6. The molecule has 0 saturated carbocycles. The van der Waals surface area contributed by atoms with Gasteiger partial charge in [-0.3, -0.25) is 4.79 Å². The maximum atomic E-state index is 12.6. The first kappa shape index (κ1) is 15.3. The number of carbonyl (C=O) groups excluding carboxylic acids is 2. The molecule has 1 aromatic rings. The van der Waals surface area contributed by atoms with Crippen molar-refractivity contribution in [3.63, 3.8) is 0 Å². The van der Waals surface area contributed by atoms with Crippen LogP contribution in [-0.2, 0) is 4.74 Å². The van der Waals surface area contributed by atoms with E-state index in [2.05, 4.69) is 5.32 Å². The van der Waals surface area contributed by atoms with Crippen LogP contribution < -0.4 is 11.1 Å². The molecule has 1 fully saturated rings. The highest BCUT2D eigenvalue weighted by Gasteiger charge is 2.34. The number of primary amides is 1. The molecule has 1 aliphatic heterocycles. The van der Waals surface area contributed by atoms with E-state index in [1.165, 1.54) is 0 Å². The summed E-state index contributed by atoms with van der Waals surface area (Å²) in [6, 6.07) is 6.10. The lowest BCUT2D eigenvalue weighted by Crippen LogP contribution is -2.53. The van der Waals surface area contributed by atoms with Crippen molar-refractivity contribution in [1.29, 1.82) is 0 Å². The zero-order chi connectivity index (χ0) is 15.6. The number of rotatable bonds is 2. The molecule has 3 N–H and O–H groups in total. The lowest BCUT2D eigenvalue weighted by Gasteiger charge is -2.41. The number of anilines is 1. The van der Waals surface area contributed by atoms with E-state index in [4.69, 9.17) is 10.5 Å². The van der Waals surface area contributed by atoms with E-state index in [1.54, 1.807) is 29.2 Å². The largest absolute Gasteiger partial charge is 0.369 e. The van der Waals surface area contributed by atoms with Crippen molar-refractivity contribution < 1.29 is 14.3 Å². The number of amides is 3. The SMILES string of the molecule is CC1CN(C(=O)c2cccc(NC(N)=O)c2)CC(C)(C)O1. The van der Waals surface area contributed by atoms with Crippen molar-refractivity contribution >= 4 is 17.6 Å². The summed E-state index contributed by atoms with van der Waals surface area (Å²) in [5.74, 6) is -0.0775. The number of nitrogens with one attached hydrogen (secondary N) is 1. The van der Waals surface area contributed by atoms with Crippen LogP contribution in [0.15, 0.2) is 24.3 Å². The van der Waals surface area contributed by atoms with E-state index >= 15 is 0 Å². The Kier molecular flexibility index (Phi) is 4.18. The number of morpholine rings is 1. The van der Waals surface area contributed by atoms with Crippen LogP contribution in [-0.4, -0.2) is 41.6 Å². The summed E-state index contributed by atoms with van der Waals surface area (Å²) in [4.78, 5) is 25.3. The molecule has 1 aromatic carbocycles. The predicted octanol–water partition coefficient (Wildman–Crippen LogP) is 1.82. The minimum absolute atomic E-state index is 0.00960. The highest BCUT2D eigenvalue weighted by atomic mass is 16.5. The van der Waals surface area contributed by atoms with Crippen molar-refractivity contribution in [2.45, 2.75) is 32.5 Å². The quantitative estimate of drug-likeness (QED) is 0.871. The molecule has 114 valence electrons. The second-order valence-electron chi connectivity index (χ2n) is 5.94. The van der Waals surface area contributed by atoms with Gasteiger partial charge in [0.25, 0.3) is 5.91 Å². The number of hydrogen-bond acceptors (Lipinski definition) is 3. The second kappa shape index (κ2) is 5.73. The van der Waals surface area contributed by atoms with E-state index in [1.807, 2.05) is 20.8 Å². The normalized spacial score (nSPS) is 20.9. The minimum Gasteiger partial charge on any atom is -0.369 e. The molecule has 21 heavy (non-hydrogen) atoms. The highest BCUT2D eigenvalue weighted by Crippen LogP contribution is 2.23. The van der Waals surface area contributed by atoms with Gasteiger partial charge in [0.1, 0.15) is 0 Å². The molecule has 0 spiro atoms. The van der Waals surface area contributed by atoms with Crippen LogP contribution in [0.1, 0.15) is 31.1 Å². The van der Waals surface area contributed by atoms with Crippen molar-refractivity contribution in [1.82, 2.24) is 4.90 Å². The number of nitrogens with zero attached hydrogens (tertiary/aromatic N) is 1. The van der Waals surface area contributed by atoms with Gasteiger partial charge >= 0.3 is 6.03 Å². The van der Waals surface area contributed by atoms with Gasteiger partial charge in [0.05, 0.1) is 11.7 Å². The average molecular weight is 291 g/mol. The first-order valence-electron chi connectivity index (χ1n) is 6.90. The summed E-state index contributed by atoms with van der Waals surface area (Å²) in [6.45, 7) is 6.97. The molecule has 0 aromatic heterocycles. The number of benzene rings is 1. The Balaban J connectivity index is 2.17. The fraction of sp³-hybridized carbons (Fsp3) is 0.467. The summed E-state index contributed by atoms with van der Waals surface area (Å²) in [6.07, 6.45) is -0.00960. The van der Waals surface area contributed by atoms with Gasteiger partial charge in [-0.1, -0.05) is 6.07 Å². The van der Waals surface area contributed by atoms with Gasteiger partial charge in [-0.2, -0.15) is 0 Å². The molecular weight excluding hydrogens is 270 g/mol. The van der Waals surface area contributed by atoms with Gasteiger partial charge in [0.2, 0.25) is 0 Å². The minimum atomic E-state index is -0.652. The maximum absolute atomic E-state index is 12.6. The monoisotopic (exact) mass is 291 g/mol.